The molecule has 0 fully saturated rings. The summed E-state index contributed by atoms with van der Waals surface area (Å²) in [7, 11) is -3.04. The lowest BCUT2D eigenvalue weighted by atomic mass is 10.1. The van der Waals surface area contributed by atoms with Crippen molar-refractivity contribution in [2.45, 2.75) is 78.3 Å². The summed E-state index contributed by atoms with van der Waals surface area (Å²) in [6.45, 7) is 7.43. The van der Waals surface area contributed by atoms with E-state index in [2.05, 4.69) is 6.92 Å². The first kappa shape index (κ1) is 23.2. The largest absolute Gasteiger partial charge is 0.494 e. The first-order valence-electron chi connectivity index (χ1n) is 10.2. The van der Waals surface area contributed by atoms with E-state index in [9.17, 15) is 4.57 Å². The molecule has 0 unspecified atom stereocenters. The highest BCUT2D eigenvalue weighted by Crippen LogP contribution is 2.51. The van der Waals surface area contributed by atoms with Crippen LogP contribution in [0.3, 0.4) is 0 Å². The number of hydrogen-bond acceptors (Lipinski definition) is 4. The van der Waals surface area contributed by atoms with Crippen LogP contribution >= 0.6 is 7.60 Å². The Hall–Kier alpha value is -0.830. The molecule has 0 atom stereocenters. The molecule has 0 heterocycles. The molecular weight excluding hydrogens is 347 g/mol. The molecule has 0 aliphatic rings. The second-order valence-electron chi connectivity index (χ2n) is 6.57. The van der Waals surface area contributed by atoms with E-state index in [-0.39, 0.29) is 0 Å². The van der Waals surface area contributed by atoms with Crippen LogP contribution in [0.2, 0.25) is 0 Å². The van der Waals surface area contributed by atoms with Gasteiger partial charge in [0.15, 0.2) is 0 Å². The topological polar surface area (TPSA) is 44.8 Å². The Balaban J connectivity index is 2.25. The minimum atomic E-state index is -3.04. The summed E-state index contributed by atoms with van der Waals surface area (Å²) in [5.41, 5.74) is 0.940. The third-order valence-corrected chi connectivity index (χ3v) is 6.27. The van der Waals surface area contributed by atoms with Crippen molar-refractivity contribution < 1.29 is 18.3 Å². The first-order valence-corrected chi connectivity index (χ1v) is 12.0. The lowest BCUT2D eigenvalue weighted by molar-refractivity contribution is 0.219. The Morgan fingerprint density at radius 1 is 0.769 bits per heavy atom. The van der Waals surface area contributed by atoms with Crippen LogP contribution in [0.1, 0.15) is 77.7 Å². The van der Waals surface area contributed by atoms with Crippen molar-refractivity contribution in [1.29, 1.82) is 0 Å². The molecule has 150 valence electrons. The molecule has 5 heteroatoms. The number of ether oxygens (including phenoxy) is 1. The van der Waals surface area contributed by atoms with Crippen LogP contribution in [-0.4, -0.2) is 19.8 Å². The summed E-state index contributed by atoms with van der Waals surface area (Å²) in [4.78, 5) is 0. The summed E-state index contributed by atoms with van der Waals surface area (Å²) >= 11 is 0. The minimum Gasteiger partial charge on any atom is -0.494 e. The van der Waals surface area contributed by atoms with Crippen molar-refractivity contribution in [1.82, 2.24) is 0 Å². The SMILES string of the molecule is CCCCCCCCCCOc1ccc(CP(=O)(OCC)OCC)cc1. The maximum absolute atomic E-state index is 12.5. The van der Waals surface area contributed by atoms with Gasteiger partial charge in [-0.2, -0.15) is 0 Å². The molecule has 1 rings (SSSR count). The summed E-state index contributed by atoms with van der Waals surface area (Å²) in [6, 6.07) is 7.74. The van der Waals surface area contributed by atoms with E-state index in [0.717, 1.165) is 24.3 Å². The Morgan fingerprint density at radius 2 is 1.31 bits per heavy atom. The van der Waals surface area contributed by atoms with Crippen molar-refractivity contribution in [3.8, 4) is 5.75 Å². The van der Waals surface area contributed by atoms with Crippen LogP contribution in [0.5, 0.6) is 5.75 Å². The van der Waals surface area contributed by atoms with Gasteiger partial charge in [-0.3, -0.25) is 4.57 Å². The van der Waals surface area contributed by atoms with Gasteiger partial charge >= 0.3 is 7.60 Å². The summed E-state index contributed by atoms with van der Waals surface area (Å²) in [5, 5.41) is 0. The molecule has 26 heavy (non-hydrogen) atoms. The zero-order valence-electron chi connectivity index (χ0n) is 16.9. The second kappa shape index (κ2) is 14.3. The fourth-order valence-corrected chi connectivity index (χ4v) is 4.56. The van der Waals surface area contributed by atoms with Crippen molar-refractivity contribution in [2.75, 3.05) is 19.8 Å². The Labute approximate surface area is 160 Å². The third-order valence-electron chi connectivity index (χ3n) is 4.22. The number of hydrogen-bond donors (Lipinski definition) is 0. The van der Waals surface area contributed by atoms with Gasteiger partial charge in [0.2, 0.25) is 0 Å². The lowest BCUT2D eigenvalue weighted by Gasteiger charge is -2.17. The van der Waals surface area contributed by atoms with Gasteiger partial charge in [0.05, 0.1) is 26.0 Å². The van der Waals surface area contributed by atoms with Crippen LogP contribution in [0, 0.1) is 0 Å². The van der Waals surface area contributed by atoms with Gasteiger partial charge in [0.25, 0.3) is 0 Å². The van der Waals surface area contributed by atoms with Crippen LogP contribution in [0.4, 0.5) is 0 Å². The van der Waals surface area contributed by atoms with Crippen LogP contribution in [-0.2, 0) is 19.8 Å². The van der Waals surface area contributed by atoms with Gasteiger partial charge in [0.1, 0.15) is 5.75 Å². The van der Waals surface area contributed by atoms with E-state index in [4.69, 9.17) is 13.8 Å². The zero-order chi connectivity index (χ0) is 19.1. The Morgan fingerprint density at radius 3 is 1.85 bits per heavy atom. The van der Waals surface area contributed by atoms with Crippen molar-refractivity contribution in [3.05, 3.63) is 29.8 Å². The van der Waals surface area contributed by atoms with E-state index in [1.165, 1.54) is 44.9 Å². The van der Waals surface area contributed by atoms with E-state index in [0.29, 0.717) is 19.4 Å². The average Bonchev–Trinajstić information content (AvgIpc) is 2.62. The van der Waals surface area contributed by atoms with Crippen LogP contribution < -0.4 is 4.74 Å². The van der Waals surface area contributed by atoms with E-state index < -0.39 is 7.60 Å². The first-order chi connectivity index (χ1) is 12.6. The van der Waals surface area contributed by atoms with Gasteiger partial charge < -0.3 is 13.8 Å². The highest BCUT2D eigenvalue weighted by molar-refractivity contribution is 7.53. The summed E-state index contributed by atoms with van der Waals surface area (Å²) in [6.07, 6.45) is 10.7. The quantitative estimate of drug-likeness (QED) is 0.228. The maximum Gasteiger partial charge on any atom is 0.335 e. The second-order valence-corrected chi connectivity index (χ2v) is 8.63. The molecule has 4 nitrogen and oxygen atoms in total. The number of unbranched alkanes of at least 4 members (excludes halogenated alkanes) is 7. The van der Waals surface area contributed by atoms with Gasteiger partial charge in [-0.15, -0.1) is 0 Å². The van der Waals surface area contributed by atoms with E-state index in [1.54, 1.807) is 0 Å². The molecule has 0 saturated heterocycles. The predicted octanol–water partition coefficient (Wildman–Crippen LogP) is 6.97. The fourth-order valence-electron chi connectivity index (χ4n) is 2.86. The molecule has 0 radical (unpaired) electrons. The van der Waals surface area contributed by atoms with Crippen LogP contribution in [0.15, 0.2) is 24.3 Å². The molecule has 1 aromatic carbocycles. The molecule has 0 aliphatic heterocycles. The highest BCUT2D eigenvalue weighted by atomic mass is 31.2. The Bertz CT molecular complexity index is 491. The molecule has 0 spiro atoms. The average molecular weight is 384 g/mol. The number of rotatable bonds is 16. The molecule has 0 bridgehead atoms. The molecule has 0 N–H and O–H groups in total. The number of benzene rings is 1. The molecule has 0 saturated carbocycles. The zero-order valence-corrected chi connectivity index (χ0v) is 17.8. The Kier molecular flexibility index (Phi) is 12.7. The highest BCUT2D eigenvalue weighted by Gasteiger charge is 2.23. The molecular formula is C21H37O4P. The van der Waals surface area contributed by atoms with Crippen molar-refractivity contribution in [2.24, 2.45) is 0 Å². The molecule has 0 aliphatic carbocycles. The molecule has 0 amide bonds. The fraction of sp³-hybridized carbons (Fsp3) is 0.714. The standard InChI is InChI=1S/C21H37O4P/c1-4-7-8-9-10-11-12-13-18-23-21-16-14-20(15-17-21)19-26(22,24-5-2)25-6-3/h14-17H,4-13,18-19H2,1-3H3. The predicted molar refractivity (Wildman–Crippen MR) is 109 cm³/mol. The van der Waals surface area contributed by atoms with Crippen molar-refractivity contribution in [3.63, 3.8) is 0 Å². The van der Waals surface area contributed by atoms with Gasteiger partial charge in [0, 0.05) is 0 Å². The maximum atomic E-state index is 12.5. The normalized spacial score (nSPS) is 11.7. The van der Waals surface area contributed by atoms with E-state index >= 15 is 0 Å². The molecule has 1 aromatic rings. The smallest absolute Gasteiger partial charge is 0.335 e. The van der Waals surface area contributed by atoms with Crippen molar-refractivity contribution >= 4 is 7.60 Å². The summed E-state index contributed by atoms with van der Waals surface area (Å²) in [5.74, 6) is 0.861. The van der Waals surface area contributed by atoms with Crippen LogP contribution in [0.25, 0.3) is 0 Å². The summed E-state index contributed by atoms with van der Waals surface area (Å²) < 4.78 is 29.0. The molecule has 0 aromatic heterocycles. The monoisotopic (exact) mass is 384 g/mol. The minimum absolute atomic E-state index is 0.299. The van der Waals surface area contributed by atoms with E-state index in [1.807, 2.05) is 38.1 Å². The lowest BCUT2D eigenvalue weighted by Crippen LogP contribution is -2.00. The van der Waals surface area contributed by atoms with Gasteiger partial charge in [-0.25, -0.2) is 0 Å². The van der Waals surface area contributed by atoms with Gasteiger partial charge in [-0.1, -0.05) is 64.0 Å². The third kappa shape index (κ3) is 10.4. The van der Waals surface area contributed by atoms with Gasteiger partial charge in [-0.05, 0) is 38.0 Å².